The smallest absolute Gasteiger partial charge is 0.160 e. The highest BCUT2D eigenvalue weighted by Gasteiger charge is 2.25. The van der Waals surface area contributed by atoms with E-state index in [-0.39, 0.29) is 0 Å². The van der Waals surface area contributed by atoms with Crippen LogP contribution < -0.4 is 0 Å². The molecule has 0 saturated heterocycles. The van der Waals surface area contributed by atoms with Crippen molar-refractivity contribution in [1.29, 1.82) is 0 Å². The third-order valence-corrected chi connectivity index (χ3v) is 11.0. The number of rotatable bonds is 4. The lowest BCUT2D eigenvalue weighted by atomic mass is 9.92. The summed E-state index contributed by atoms with van der Waals surface area (Å²) in [6.45, 7) is 0. The molecule has 0 radical (unpaired) electrons. The fourth-order valence-corrected chi connectivity index (χ4v) is 8.43. The minimum absolute atomic E-state index is 0.698. The van der Waals surface area contributed by atoms with Gasteiger partial charge in [-0.25, -0.2) is 9.97 Å². The lowest BCUT2D eigenvalue weighted by Crippen LogP contribution is -2.05. The molecule has 3 heteroatoms. The first-order valence-electron chi connectivity index (χ1n) is 18.5. The molecule has 2 bridgehead atoms. The SMILES string of the molecule is c1ccc(-c2nc(-c3ccc(-c4ccc5ccccc5c4)cc3)c3c(n2)-c2ccccc2-n2c4cc(ccc4c4c(-c5ccccc5)cccc42)C3)cc1. The van der Waals surface area contributed by atoms with Crippen LogP contribution in [0, 0.1) is 0 Å². The third-order valence-electron chi connectivity index (χ3n) is 11.0. The molecule has 8 aromatic carbocycles. The van der Waals surface area contributed by atoms with E-state index < -0.39 is 0 Å². The van der Waals surface area contributed by atoms with Crippen LogP contribution in [0.3, 0.4) is 0 Å². The number of aromatic nitrogens is 3. The van der Waals surface area contributed by atoms with Gasteiger partial charge in [-0.15, -0.1) is 0 Å². The van der Waals surface area contributed by atoms with Crippen molar-refractivity contribution in [2.75, 3.05) is 0 Å². The Labute approximate surface area is 313 Å². The largest absolute Gasteiger partial charge is 0.309 e. The minimum Gasteiger partial charge on any atom is -0.309 e. The van der Waals surface area contributed by atoms with Crippen LogP contribution >= 0.6 is 0 Å². The average Bonchev–Trinajstić information content (AvgIpc) is 3.59. The van der Waals surface area contributed by atoms with Gasteiger partial charge in [0.2, 0.25) is 0 Å². The van der Waals surface area contributed by atoms with Gasteiger partial charge in [0.15, 0.2) is 5.82 Å². The van der Waals surface area contributed by atoms with E-state index in [1.807, 2.05) is 6.07 Å². The number of benzene rings is 8. The molecule has 0 amide bonds. The molecule has 2 aromatic heterocycles. The Morgan fingerprint density at radius 2 is 1.07 bits per heavy atom. The zero-order valence-corrected chi connectivity index (χ0v) is 29.4. The summed E-state index contributed by atoms with van der Waals surface area (Å²) in [5.74, 6) is 0.720. The summed E-state index contributed by atoms with van der Waals surface area (Å²) < 4.78 is 2.45. The predicted octanol–water partition coefficient (Wildman–Crippen LogP) is 13.0. The van der Waals surface area contributed by atoms with Gasteiger partial charge in [0.25, 0.3) is 0 Å². The third kappa shape index (κ3) is 4.90. The monoisotopic (exact) mass is 687 g/mol. The van der Waals surface area contributed by atoms with Crippen LogP contribution in [-0.2, 0) is 6.42 Å². The lowest BCUT2D eigenvalue weighted by molar-refractivity contribution is 1.09. The van der Waals surface area contributed by atoms with Crippen LogP contribution in [0.4, 0.5) is 0 Å². The molecule has 1 aliphatic rings. The summed E-state index contributed by atoms with van der Waals surface area (Å²) >= 11 is 0. The fourth-order valence-electron chi connectivity index (χ4n) is 8.43. The minimum atomic E-state index is 0.698. The van der Waals surface area contributed by atoms with Gasteiger partial charge in [-0.2, -0.15) is 0 Å². The molecule has 0 N–H and O–H groups in total. The van der Waals surface area contributed by atoms with Crippen molar-refractivity contribution in [2.45, 2.75) is 6.42 Å². The number of nitrogens with zero attached hydrogens (tertiary/aromatic N) is 3. The standard InChI is InChI=1S/C51H33N3/c1-3-13-36(14-4-1)41-19-11-21-46-48(41)42-29-22-33-30-44-49(37-26-23-35(24-27-37)40-28-25-34-12-7-8-17-39(34)32-40)52-51(38-15-5-2-6-16-38)53-50(44)43-18-9-10-20-45(43)54(46)47(42)31-33/h1-29,31-32H,30H2. The lowest BCUT2D eigenvalue weighted by Gasteiger charge is -2.19. The number of fused-ring (bicyclic) bond motifs is 9. The molecule has 0 atom stereocenters. The quantitative estimate of drug-likeness (QED) is 0.184. The molecule has 1 aliphatic heterocycles. The van der Waals surface area contributed by atoms with Gasteiger partial charge >= 0.3 is 0 Å². The van der Waals surface area contributed by atoms with Gasteiger partial charge in [-0.05, 0) is 62.9 Å². The van der Waals surface area contributed by atoms with Crippen LogP contribution in [0.25, 0.3) is 94.4 Å². The molecule has 0 saturated carbocycles. The number of hydrogen-bond acceptors (Lipinski definition) is 2. The number of hydrogen-bond donors (Lipinski definition) is 0. The summed E-state index contributed by atoms with van der Waals surface area (Å²) in [5.41, 5.74) is 15.8. The highest BCUT2D eigenvalue weighted by molar-refractivity contribution is 6.16. The van der Waals surface area contributed by atoms with E-state index in [1.165, 1.54) is 60.4 Å². The van der Waals surface area contributed by atoms with Crippen LogP contribution in [-0.4, -0.2) is 14.5 Å². The Kier molecular flexibility index (Phi) is 6.93. The second-order valence-corrected chi connectivity index (χ2v) is 14.2. The Hall–Kier alpha value is -7.10. The maximum atomic E-state index is 5.46. The Morgan fingerprint density at radius 3 is 1.91 bits per heavy atom. The molecule has 0 fully saturated rings. The summed E-state index contributed by atoms with van der Waals surface area (Å²) in [4.78, 5) is 10.9. The van der Waals surface area contributed by atoms with E-state index >= 15 is 0 Å². The van der Waals surface area contributed by atoms with Gasteiger partial charge in [0.05, 0.1) is 28.1 Å². The normalized spacial score (nSPS) is 12.0. The summed E-state index contributed by atoms with van der Waals surface area (Å²) in [5, 5.41) is 5.00. The first-order chi connectivity index (χ1) is 26.8. The molecule has 3 nitrogen and oxygen atoms in total. The Morgan fingerprint density at radius 1 is 0.407 bits per heavy atom. The van der Waals surface area contributed by atoms with E-state index in [4.69, 9.17) is 9.97 Å². The molecule has 0 unspecified atom stereocenters. The van der Waals surface area contributed by atoms with Crippen LogP contribution in [0.2, 0.25) is 0 Å². The summed E-state index contributed by atoms with van der Waals surface area (Å²) in [7, 11) is 0. The van der Waals surface area contributed by atoms with Crippen molar-refractivity contribution in [3.63, 3.8) is 0 Å². The molecular formula is C51H33N3. The van der Waals surface area contributed by atoms with Gasteiger partial charge in [0.1, 0.15) is 0 Å². The molecule has 3 heterocycles. The van der Waals surface area contributed by atoms with Crippen molar-refractivity contribution in [1.82, 2.24) is 14.5 Å². The highest BCUT2D eigenvalue weighted by atomic mass is 15.0. The van der Waals surface area contributed by atoms with Crippen LogP contribution in [0.5, 0.6) is 0 Å². The van der Waals surface area contributed by atoms with Crippen LogP contribution in [0.15, 0.2) is 188 Å². The molecule has 10 aromatic rings. The van der Waals surface area contributed by atoms with E-state index in [0.29, 0.717) is 6.42 Å². The van der Waals surface area contributed by atoms with Gasteiger partial charge in [-0.1, -0.05) is 164 Å². The Bertz CT molecular complexity index is 3050. The highest BCUT2D eigenvalue weighted by Crippen LogP contribution is 2.44. The van der Waals surface area contributed by atoms with Crippen molar-refractivity contribution >= 4 is 32.6 Å². The zero-order chi connectivity index (χ0) is 35.6. The number of para-hydroxylation sites is 1. The van der Waals surface area contributed by atoms with E-state index in [0.717, 1.165) is 45.2 Å². The molecule has 11 rings (SSSR count). The first-order valence-corrected chi connectivity index (χ1v) is 18.5. The van der Waals surface area contributed by atoms with Crippen molar-refractivity contribution in [3.05, 3.63) is 199 Å². The first kappa shape index (κ1) is 30.5. The summed E-state index contributed by atoms with van der Waals surface area (Å²) in [6, 6.07) is 67.7. The molecule has 0 aliphatic carbocycles. The molecule has 252 valence electrons. The maximum Gasteiger partial charge on any atom is 0.160 e. The van der Waals surface area contributed by atoms with Crippen LogP contribution in [0.1, 0.15) is 11.1 Å². The second-order valence-electron chi connectivity index (χ2n) is 14.2. The fraction of sp³-hybridized carbons (Fsp3) is 0.0196. The Balaban J connectivity index is 1.15. The topological polar surface area (TPSA) is 30.7 Å². The predicted molar refractivity (Wildman–Crippen MR) is 224 cm³/mol. The van der Waals surface area contributed by atoms with Crippen molar-refractivity contribution in [2.24, 2.45) is 0 Å². The van der Waals surface area contributed by atoms with E-state index in [2.05, 4.69) is 187 Å². The van der Waals surface area contributed by atoms with Gasteiger partial charge in [0, 0.05) is 39.4 Å². The van der Waals surface area contributed by atoms with Crippen molar-refractivity contribution < 1.29 is 0 Å². The maximum absolute atomic E-state index is 5.46. The molecule has 54 heavy (non-hydrogen) atoms. The van der Waals surface area contributed by atoms with Crippen molar-refractivity contribution in [3.8, 4) is 61.8 Å². The van der Waals surface area contributed by atoms with Gasteiger partial charge in [-0.3, -0.25) is 0 Å². The van der Waals surface area contributed by atoms with E-state index in [9.17, 15) is 0 Å². The average molecular weight is 688 g/mol. The van der Waals surface area contributed by atoms with E-state index in [1.54, 1.807) is 0 Å². The van der Waals surface area contributed by atoms with Gasteiger partial charge < -0.3 is 4.57 Å². The summed E-state index contributed by atoms with van der Waals surface area (Å²) in [6.07, 6.45) is 0.698. The molecular weight excluding hydrogens is 655 g/mol. The second kappa shape index (κ2) is 12.3. The molecule has 0 spiro atoms. The zero-order valence-electron chi connectivity index (χ0n) is 29.4.